The molecule has 1 amide bonds. The van der Waals surface area contributed by atoms with E-state index in [2.05, 4.69) is 47.6 Å². The molecule has 3 aromatic carbocycles. The van der Waals surface area contributed by atoms with Gasteiger partial charge in [0, 0.05) is 17.0 Å². The van der Waals surface area contributed by atoms with Crippen LogP contribution in [0.5, 0.6) is 0 Å². The average molecular weight is 458 g/mol. The Hall–Kier alpha value is -3.97. The molecule has 1 aromatic heterocycles. The van der Waals surface area contributed by atoms with Crippen molar-refractivity contribution in [3.8, 4) is 6.07 Å². The molecule has 2 bridgehead atoms. The van der Waals surface area contributed by atoms with Crippen LogP contribution in [0.2, 0.25) is 0 Å². The van der Waals surface area contributed by atoms with Crippen molar-refractivity contribution in [3.63, 3.8) is 0 Å². The van der Waals surface area contributed by atoms with E-state index >= 15 is 0 Å². The Morgan fingerprint density at radius 3 is 2.57 bits per heavy atom. The number of para-hydroxylation sites is 1. The summed E-state index contributed by atoms with van der Waals surface area (Å²) < 4.78 is 0. The second-order valence-corrected chi connectivity index (χ2v) is 10.1. The van der Waals surface area contributed by atoms with Crippen LogP contribution in [0, 0.1) is 30.1 Å². The van der Waals surface area contributed by atoms with Gasteiger partial charge in [-0.15, -0.1) is 0 Å². The van der Waals surface area contributed by atoms with E-state index < -0.39 is 0 Å². The van der Waals surface area contributed by atoms with Gasteiger partial charge in [0.05, 0.1) is 28.8 Å². The molecule has 2 saturated carbocycles. The maximum atomic E-state index is 14.2. The number of anilines is 1. The number of carbonyl (C=O) groups is 1. The Bertz CT molecular complexity index is 1450. The first kappa shape index (κ1) is 21.6. The van der Waals surface area contributed by atoms with Crippen molar-refractivity contribution in [2.75, 3.05) is 5.32 Å². The molecular formula is C31H27N3O. The van der Waals surface area contributed by atoms with E-state index in [4.69, 9.17) is 0 Å². The Morgan fingerprint density at radius 2 is 1.80 bits per heavy atom. The monoisotopic (exact) mass is 457 g/mol. The van der Waals surface area contributed by atoms with Crippen molar-refractivity contribution in [2.45, 2.75) is 37.5 Å². The van der Waals surface area contributed by atoms with E-state index in [9.17, 15) is 10.1 Å². The molecule has 4 heteroatoms. The standard InChI is InChI=1S/C31H27N3O/c1-20-7-13-25(14-8-20)31-16-15-24(18-31)27(22-11-9-21(19-32)10-12-22)28(31)30(35)34-26-6-2-4-23-5-3-17-33-29(23)26/h2-14,17,24,27-28H,15-16,18H2,1H3,(H,34,35). The number of nitrogens with zero attached hydrogens (tertiary/aromatic N) is 2. The highest BCUT2D eigenvalue weighted by Gasteiger charge is 2.61. The summed E-state index contributed by atoms with van der Waals surface area (Å²) >= 11 is 0. The summed E-state index contributed by atoms with van der Waals surface area (Å²) in [4.78, 5) is 18.8. The predicted octanol–water partition coefficient (Wildman–Crippen LogP) is 6.51. The highest BCUT2D eigenvalue weighted by atomic mass is 16.2. The molecule has 172 valence electrons. The van der Waals surface area contributed by atoms with Crippen molar-refractivity contribution >= 4 is 22.5 Å². The summed E-state index contributed by atoms with van der Waals surface area (Å²) in [7, 11) is 0. The van der Waals surface area contributed by atoms with Crippen molar-refractivity contribution in [2.24, 2.45) is 11.8 Å². The van der Waals surface area contributed by atoms with Crippen LogP contribution in [0.4, 0.5) is 5.69 Å². The van der Waals surface area contributed by atoms with Gasteiger partial charge >= 0.3 is 0 Å². The van der Waals surface area contributed by atoms with Gasteiger partial charge in [-0.05, 0) is 73.4 Å². The zero-order valence-electron chi connectivity index (χ0n) is 19.7. The molecule has 1 heterocycles. The van der Waals surface area contributed by atoms with Gasteiger partial charge in [-0.1, -0.05) is 60.2 Å². The van der Waals surface area contributed by atoms with Gasteiger partial charge < -0.3 is 5.32 Å². The number of nitriles is 1. The van der Waals surface area contributed by atoms with Crippen LogP contribution in [-0.2, 0) is 10.2 Å². The fraction of sp³-hybridized carbons (Fsp3) is 0.258. The van der Waals surface area contributed by atoms with Crippen LogP contribution in [0.25, 0.3) is 10.9 Å². The second kappa shape index (κ2) is 8.36. The quantitative estimate of drug-likeness (QED) is 0.380. The first-order chi connectivity index (χ1) is 17.1. The number of fused-ring (bicyclic) bond motifs is 3. The molecular weight excluding hydrogens is 430 g/mol. The molecule has 4 aromatic rings. The summed E-state index contributed by atoms with van der Waals surface area (Å²) in [5, 5.41) is 13.6. The molecule has 2 aliphatic carbocycles. The summed E-state index contributed by atoms with van der Waals surface area (Å²) in [5.74, 6) is 0.405. The van der Waals surface area contributed by atoms with E-state index in [1.54, 1.807) is 6.20 Å². The molecule has 0 saturated heterocycles. The maximum Gasteiger partial charge on any atom is 0.229 e. The molecule has 6 rings (SSSR count). The smallest absolute Gasteiger partial charge is 0.229 e. The third-order valence-corrected chi connectivity index (χ3v) is 8.27. The zero-order valence-corrected chi connectivity index (χ0v) is 19.7. The van der Waals surface area contributed by atoms with Crippen LogP contribution in [0.15, 0.2) is 85.1 Å². The molecule has 4 unspecified atom stereocenters. The number of nitrogens with one attached hydrogen (secondary N) is 1. The average Bonchev–Trinajstić information content (AvgIpc) is 3.47. The second-order valence-electron chi connectivity index (χ2n) is 10.1. The lowest BCUT2D eigenvalue weighted by Crippen LogP contribution is -2.42. The van der Waals surface area contributed by atoms with Gasteiger partial charge in [0.1, 0.15) is 0 Å². The first-order valence-corrected chi connectivity index (χ1v) is 12.3. The van der Waals surface area contributed by atoms with Gasteiger partial charge in [0.25, 0.3) is 0 Å². The molecule has 4 nitrogen and oxygen atoms in total. The van der Waals surface area contributed by atoms with Crippen LogP contribution in [0.1, 0.15) is 47.4 Å². The van der Waals surface area contributed by atoms with Crippen LogP contribution >= 0.6 is 0 Å². The van der Waals surface area contributed by atoms with E-state index in [1.165, 1.54) is 11.1 Å². The predicted molar refractivity (Wildman–Crippen MR) is 138 cm³/mol. The minimum Gasteiger partial charge on any atom is -0.324 e. The first-order valence-electron chi connectivity index (χ1n) is 12.3. The number of benzene rings is 3. The van der Waals surface area contributed by atoms with E-state index in [1.807, 2.05) is 54.6 Å². The molecule has 0 spiro atoms. The van der Waals surface area contributed by atoms with Crippen LogP contribution in [0.3, 0.4) is 0 Å². The number of aromatic nitrogens is 1. The number of hydrogen-bond acceptors (Lipinski definition) is 3. The Balaban J connectivity index is 1.44. The number of carbonyl (C=O) groups excluding carboxylic acids is 1. The SMILES string of the molecule is Cc1ccc(C23CCC(C2)C(c2ccc(C#N)cc2)C3C(=O)Nc2cccc3cccnc23)cc1. The molecule has 1 N–H and O–H groups in total. The topological polar surface area (TPSA) is 65.8 Å². The Morgan fingerprint density at radius 1 is 1.03 bits per heavy atom. The van der Waals surface area contributed by atoms with Gasteiger partial charge in [0.2, 0.25) is 5.91 Å². The number of rotatable bonds is 4. The normalized spacial score (nSPS) is 24.9. The lowest BCUT2D eigenvalue weighted by molar-refractivity contribution is -0.122. The summed E-state index contributed by atoms with van der Waals surface area (Å²) in [6.45, 7) is 2.10. The molecule has 0 aliphatic heterocycles. The summed E-state index contributed by atoms with van der Waals surface area (Å²) in [6, 6.07) is 28.7. The molecule has 2 fully saturated rings. The number of aryl methyl sites for hydroxylation is 1. The Labute approximate surface area is 205 Å². The third-order valence-electron chi connectivity index (χ3n) is 8.27. The van der Waals surface area contributed by atoms with Gasteiger partial charge in [-0.3, -0.25) is 9.78 Å². The minimum absolute atomic E-state index is 0.0558. The van der Waals surface area contributed by atoms with Crippen molar-refractivity contribution in [3.05, 3.63) is 107 Å². The molecule has 4 atom stereocenters. The van der Waals surface area contributed by atoms with Crippen molar-refractivity contribution in [1.82, 2.24) is 4.98 Å². The summed E-state index contributed by atoms with van der Waals surface area (Å²) in [6.07, 6.45) is 4.90. The highest BCUT2D eigenvalue weighted by Crippen LogP contribution is 2.64. The van der Waals surface area contributed by atoms with E-state index in [0.29, 0.717) is 11.5 Å². The van der Waals surface area contributed by atoms with Gasteiger partial charge in [0.15, 0.2) is 0 Å². The van der Waals surface area contributed by atoms with Crippen LogP contribution < -0.4 is 5.32 Å². The zero-order chi connectivity index (χ0) is 24.0. The fourth-order valence-electron chi connectivity index (χ4n) is 6.72. The van der Waals surface area contributed by atoms with E-state index in [0.717, 1.165) is 41.4 Å². The largest absolute Gasteiger partial charge is 0.324 e. The highest BCUT2D eigenvalue weighted by molar-refractivity contribution is 6.02. The number of pyridine rings is 1. The number of hydrogen-bond donors (Lipinski definition) is 1. The van der Waals surface area contributed by atoms with E-state index in [-0.39, 0.29) is 23.2 Å². The summed E-state index contributed by atoms with van der Waals surface area (Å²) in [5.41, 5.74) is 5.66. The minimum atomic E-state index is -0.198. The van der Waals surface area contributed by atoms with Gasteiger partial charge in [-0.2, -0.15) is 5.26 Å². The fourth-order valence-corrected chi connectivity index (χ4v) is 6.72. The maximum absolute atomic E-state index is 14.2. The third kappa shape index (κ3) is 3.51. The van der Waals surface area contributed by atoms with Crippen LogP contribution in [-0.4, -0.2) is 10.9 Å². The van der Waals surface area contributed by atoms with Crippen molar-refractivity contribution in [1.29, 1.82) is 5.26 Å². The molecule has 0 radical (unpaired) electrons. The molecule has 2 aliphatic rings. The lowest BCUT2D eigenvalue weighted by atomic mass is 9.64. The number of amides is 1. The molecule has 35 heavy (non-hydrogen) atoms. The lowest BCUT2D eigenvalue weighted by Gasteiger charge is -2.39. The van der Waals surface area contributed by atoms with Crippen molar-refractivity contribution < 1.29 is 4.79 Å². The van der Waals surface area contributed by atoms with Gasteiger partial charge in [-0.25, -0.2) is 0 Å². The Kier molecular flexibility index (Phi) is 5.15.